The summed E-state index contributed by atoms with van der Waals surface area (Å²) in [6.07, 6.45) is 6.72. The molecular formula is C27H27ClN6O2S. The van der Waals surface area contributed by atoms with Gasteiger partial charge in [0.25, 0.3) is 0 Å². The van der Waals surface area contributed by atoms with Gasteiger partial charge in [-0.1, -0.05) is 36.7 Å². The lowest BCUT2D eigenvalue weighted by atomic mass is 10.0. The van der Waals surface area contributed by atoms with Crippen molar-refractivity contribution in [3.63, 3.8) is 0 Å². The molecule has 37 heavy (non-hydrogen) atoms. The molecule has 0 atom stereocenters. The lowest BCUT2D eigenvalue weighted by Crippen LogP contribution is -2.30. The minimum Gasteiger partial charge on any atom is -0.365 e. The van der Waals surface area contributed by atoms with Gasteiger partial charge in [0.1, 0.15) is 5.82 Å². The highest BCUT2D eigenvalue weighted by Gasteiger charge is 2.18. The fraction of sp³-hybridized carbons (Fsp3) is 0.222. The Hall–Kier alpha value is -3.53. The van der Waals surface area contributed by atoms with E-state index in [0.29, 0.717) is 36.4 Å². The molecule has 0 saturated carbocycles. The van der Waals surface area contributed by atoms with Crippen molar-refractivity contribution in [3.8, 4) is 0 Å². The van der Waals surface area contributed by atoms with E-state index >= 15 is 0 Å². The second-order valence-electron chi connectivity index (χ2n) is 8.69. The van der Waals surface area contributed by atoms with E-state index in [9.17, 15) is 8.42 Å². The Morgan fingerprint density at radius 2 is 1.81 bits per heavy atom. The summed E-state index contributed by atoms with van der Waals surface area (Å²) < 4.78 is 27.0. The van der Waals surface area contributed by atoms with E-state index < -0.39 is 10.0 Å². The third kappa shape index (κ3) is 5.74. The molecule has 5 rings (SSSR count). The van der Waals surface area contributed by atoms with Crippen LogP contribution in [0.2, 0.25) is 5.02 Å². The Kier molecular flexibility index (Phi) is 7.36. The normalized spacial score (nSPS) is 14.0. The minimum absolute atomic E-state index is 0.240. The smallest absolute Gasteiger partial charge is 0.240 e. The molecule has 10 heteroatoms. The SMILES string of the molecule is CCNS(=O)(=O)c1ccc(CNc2nc(N3CC=C(c4ccncc4)CC3)nc3ccc(Cl)cc23)cc1. The van der Waals surface area contributed by atoms with Crippen molar-refractivity contribution in [2.24, 2.45) is 0 Å². The van der Waals surface area contributed by atoms with Gasteiger partial charge in [-0.2, -0.15) is 4.98 Å². The van der Waals surface area contributed by atoms with Crippen LogP contribution in [0.1, 0.15) is 24.5 Å². The number of anilines is 2. The Morgan fingerprint density at radius 1 is 1.03 bits per heavy atom. The summed E-state index contributed by atoms with van der Waals surface area (Å²) in [6, 6.07) is 16.4. The highest BCUT2D eigenvalue weighted by Crippen LogP contribution is 2.29. The van der Waals surface area contributed by atoms with Crippen LogP contribution in [0.3, 0.4) is 0 Å². The predicted molar refractivity (Wildman–Crippen MR) is 148 cm³/mol. The molecule has 0 amide bonds. The van der Waals surface area contributed by atoms with Gasteiger partial charge in [0.2, 0.25) is 16.0 Å². The lowest BCUT2D eigenvalue weighted by Gasteiger charge is -2.27. The summed E-state index contributed by atoms with van der Waals surface area (Å²) in [7, 11) is -3.49. The zero-order chi connectivity index (χ0) is 25.8. The number of fused-ring (bicyclic) bond motifs is 1. The summed E-state index contributed by atoms with van der Waals surface area (Å²) in [6.45, 7) is 4.07. The Labute approximate surface area is 221 Å². The first kappa shape index (κ1) is 25.1. The molecule has 2 aromatic carbocycles. The highest BCUT2D eigenvalue weighted by atomic mass is 35.5. The Morgan fingerprint density at radius 3 is 2.51 bits per heavy atom. The number of nitrogens with one attached hydrogen (secondary N) is 2. The van der Waals surface area contributed by atoms with E-state index in [4.69, 9.17) is 21.6 Å². The minimum atomic E-state index is -3.49. The Bertz CT molecular complexity index is 1540. The zero-order valence-electron chi connectivity index (χ0n) is 20.4. The monoisotopic (exact) mass is 534 g/mol. The van der Waals surface area contributed by atoms with Crippen LogP contribution in [0.4, 0.5) is 11.8 Å². The quantitative estimate of drug-likeness (QED) is 0.332. The van der Waals surface area contributed by atoms with E-state index in [0.717, 1.165) is 29.4 Å². The van der Waals surface area contributed by atoms with Gasteiger partial charge in [0.15, 0.2) is 0 Å². The summed E-state index contributed by atoms with van der Waals surface area (Å²) in [5.41, 5.74) is 4.21. The molecule has 0 fully saturated rings. The molecule has 1 aliphatic heterocycles. The van der Waals surface area contributed by atoms with Crippen LogP contribution in [0.25, 0.3) is 16.5 Å². The molecule has 0 bridgehead atoms. The third-order valence-corrected chi connectivity index (χ3v) is 8.01. The second kappa shape index (κ2) is 10.8. The summed E-state index contributed by atoms with van der Waals surface area (Å²) in [5.74, 6) is 1.32. The van der Waals surface area contributed by atoms with Gasteiger partial charge in [-0.3, -0.25) is 4.98 Å². The molecule has 3 heterocycles. The Balaban J connectivity index is 1.38. The predicted octanol–water partition coefficient (Wildman–Crippen LogP) is 4.88. The molecule has 0 saturated heterocycles. The van der Waals surface area contributed by atoms with E-state index in [1.54, 1.807) is 31.2 Å². The molecule has 190 valence electrons. The fourth-order valence-corrected chi connectivity index (χ4v) is 5.50. The molecule has 0 aliphatic carbocycles. The van der Waals surface area contributed by atoms with Gasteiger partial charge >= 0.3 is 0 Å². The largest absolute Gasteiger partial charge is 0.365 e. The molecule has 2 aromatic heterocycles. The van der Waals surface area contributed by atoms with Crippen molar-refractivity contribution in [1.82, 2.24) is 19.7 Å². The maximum atomic E-state index is 12.2. The number of nitrogens with zero attached hydrogens (tertiary/aromatic N) is 4. The van der Waals surface area contributed by atoms with Gasteiger partial charge in [-0.15, -0.1) is 0 Å². The standard InChI is InChI=1S/C27H27ClN6O2S/c1-2-31-37(35,36)23-6-3-19(4-7-23)18-30-26-24-17-22(28)5-8-25(24)32-27(33-26)34-15-11-21(12-16-34)20-9-13-29-14-10-20/h3-11,13-14,17,31H,2,12,15-16,18H2,1H3,(H,30,32,33). The van der Waals surface area contributed by atoms with Gasteiger partial charge in [-0.25, -0.2) is 18.1 Å². The van der Waals surface area contributed by atoms with Crippen molar-refractivity contribution in [2.75, 3.05) is 29.9 Å². The topological polar surface area (TPSA) is 100 Å². The molecule has 4 aromatic rings. The van der Waals surface area contributed by atoms with Crippen LogP contribution in [-0.2, 0) is 16.6 Å². The van der Waals surface area contributed by atoms with E-state index in [-0.39, 0.29) is 4.90 Å². The number of hydrogen-bond donors (Lipinski definition) is 2. The first-order valence-corrected chi connectivity index (χ1v) is 13.9. The first-order valence-electron chi connectivity index (χ1n) is 12.1. The first-order chi connectivity index (χ1) is 17.9. The molecule has 0 radical (unpaired) electrons. The van der Waals surface area contributed by atoms with Gasteiger partial charge in [0, 0.05) is 49.0 Å². The van der Waals surface area contributed by atoms with Crippen LogP contribution in [0, 0.1) is 0 Å². The van der Waals surface area contributed by atoms with Crippen molar-refractivity contribution in [3.05, 3.63) is 89.2 Å². The van der Waals surface area contributed by atoms with Crippen LogP contribution in [0.15, 0.2) is 78.0 Å². The van der Waals surface area contributed by atoms with Crippen molar-refractivity contribution in [2.45, 2.75) is 24.8 Å². The van der Waals surface area contributed by atoms with Crippen LogP contribution in [0.5, 0.6) is 0 Å². The maximum absolute atomic E-state index is 12.2. The fourth-order valence-electron chi connectivity index (χ4n) is 4.29. The van der Waals surface area contributed by atoms with Crippen LogP contribution in [-0.4, -0.2) is 43.0 Å². The van der Waals surface area contributed by atoms with Gasteiger partial charge < -0.3 is 10.2 Å². The molecule has 2 N–H and O–H groups in total. The summed E-state index contributed by atoms with van der Waals surface area (Å²) in [5, 5.41) is 4.84. The summed E-state index contributed by atoms with van der Waals surface area (Å²) >= 11 is 6.29. The average Bonchev–Trinajstić information content (AvgIpc) is 2.92. The molecule has 0 unspecified atom stereocenters. The number of benzene rings is 2. The molecular weight excluding hydrogens is 508 g/mol. The number of halogens is 1. The highest BCUT2D eigenvalue weighted by molar-refractivity contribution is 7.89. The molecule has 8 nitrogen and oxygen atoms in total. The second-order valence-corrected chi connectivity index (χ2v) is 10.9. The molecule has 0 spiro atoms. The van der Waals surface area contributed by atoms with Crippen molar-refractivity contribution < 1.29 is 8.42 Å². The zero-order valence-corrected chi connectivity index (χ0v) is 21.9. The van der Waals surface area contributed by atoms with E-state index in [2.05, 4.69) is 26.0 Å². The van der Waals surface area contributed by atoms with Crippen molar-refractivity contribution >= 4 is 49.9 Å². The van der Waals surface area contributed by atoms with Crippen molar-refractivity contribution in [1.29, 1.82) is 0 Å². The number of sulfonamides is 1. The van der Waals surface area contributed by atoms with Gasteiger partial charge in [0.05, 0.1) is 10.4 Å². The maximum Gasteiger partial charge on any atom is 0.240 e. The number of rotatable bonds is 8. The third-order valence-electron chi connectivity index (χ3n) is 6.22. The van der Waals surface area contributed by atoms with Crippen LogP contribution >= 0.6 is 11.6 Å². The number of pyridine rings is 1. The number of hydrogen-bond acceptors (Lipinski definition) is 7. The molecule has 1 aliphatic rings. The van der Waals surface area contributed by atoms with Crippen LogP contribution < -0.4 is 14.9 Å². The van der Waals surface area contributed by atoms with E-state index in [1.807, 2.05) is 42.7 Å². The average molecular weight is 535 g/mol. The summed E-state index contributed by atoms with van der Waals surface area (Å²) in [4.78, 5) is 16.2. The van der Waals surface area contributed by atoms with E-state index in [1.165, 1.54) is 11.1 Å². The van der Waals surface area contributed by atoms with Gasteiger partial charge in [-0.05, 0) is 65.6 Å². The number of aromatic nitrogens is 3. The lowest BCUT2D eigenvalue weighted by molar-refractivity contribution is 0.584.